The van der Waals surface area contributed by atoms with Crippen molar-refractivity contribution in [3.63, 3.8) is 0 Å². The fourth-order valence-electron chi connectivity index (χ4n) is 14.1. The highest BCUT2D eigenvalue weighted by molar-refractivity contribution is 7.86. The second-order valence-corrected chi connectivity index (χ2v) is 33.6. The molecule has 18 N–H and O–H groups in total. The zero-order valence-electron chi connectivity index (χ0n) is 67.8. The van der Waals surface area contributed by atoms with E-state index < -0.39 is 115 Å². The number of hydrogen-bond donors (Lipinski definition) is 14. The number of phenolic OH excluding ortho intramolecular Hbond substituents is 1. The molecule has 116 heavy (non-hydrogen) atoms. The molecule has 7 atom stereocenters. The number of aromatic hydroxyl groups is 1. The molecule has 3 aliphatic heterocycles. The van der Waals surface area contributed by atoms with Crippen molar-refractivity contribution in [2.24, 2.45) is 44.8 Å². The second kappa shape index (κ2) is 45.6. The van der Waals surface area contributed by atoms with E-state index in [0.29, 0.717) is 63.6 Å². The predicted octanol–water partition coefficient (Wildman–Crippen LogP) is 3.97. The molecule has 1 saturated heterocycles. The van der Waals surface area contributed by atoms with Crippen LogP contribution >= 0.6 is 0 Å². The van der Waals surface area contributed by atoms with Crippen LogP contribution in [0.5, 0.6) is 5.75 Å². The lowest BCUT2D eigenvalue weighted by molar-refractivity contribution is -0.438. The molecule has 0 saturated carbocycles. The van der Waals surface area contributed by atoms with Crippen molar-refractivity contribution in [3.05, 3.63) is 119 Å². The number of aliphatic carboxylic acids is 1. The fourth-order valence-corrected chi connectivity index (χ4v) is 15.2. The molecular formula is C80H120N16O18S2. The number of carbonyl (C=O) groups is 8. The Morgan fingerprint density at radius 2 is 1.41 bits per heavy atom. The quantitative estimate of drug-likeness (QED) is 0.00949. The average molecular weight is 1660 g/mol. The van der Waals surface area contributed by atoms with Gasteiger partial charge < -0.3 is 88.9 Å². The molecule has 0 bridgehead atoms. The molecule has 0 aliphatic carbocycles. The number of nitrogens with zero attached hydrogens (tertiary/aromatic N) is 5. The van der Waals surface area contributed by atoms with Crippen molar-refractivity contribution >= 4 is 96.7 Å². The van der Waals surface area contributed by atoms with Crippen LogP contribution in [0.2, 0.25) is 0 Å². The third-order valence-electron chi connectivity index (χ3n) is 20.5. The maximum atomic E-state index is 14.6. The highest BCUT2D eigenvalue weighted by Crippen LogP contribution is 2.49. The van der Waals surface area contributed by atoms with Gasteiger partial charge in [-0.1, -0.05) is 103 Å². The monoisotopic (exact) mass is 1660 g/mol. The molecule has 3 heterocycles. The predicted molar refractivity (Wildman–Crippen MR) is 440 cm³/mol. The zero-order chi connectivity index (χ0) is 85.5. The lowest BCUT2D eigenvalue weighted by Crippen LogP contribution is -2.60. The Morgan fingerprint density at radius 1 is 0.733 bits per heavy atom. The summed E-state index contributed by atoms with van der Waals surface area (Å²) in [5, 5.41) is 38.7. The summed E-state index contributed by atoms with van der Waals surface area (Å²) in [6.07, 6.45) is 14.4. The number of urea groups is 1. The van der Waals surface area contributed by atoms with E-state index in [-0.39, 0.29) is 150 Å². The third kappa shape index (κ3) is 29.7. The van der Waals surface area contributed by atoms with Crippen molar-refractivity contribution in [3.8, 4) is 5.75 Å². The molecule has 8 amide bonds. The highest BCUT2D eigenvalue weighted by Gasteiger charge is 2.45. The number of allylic oxidation sites excluding steroid dienone is 6. The number of guanidine groups is 2. The normalized spacial score (nSPS) is 17.1. The number of amides is 8. The molecule has 0 radical (unpaired) electrons. The maximum absolute atomic E-state index is 14.6. The Morgan fingerprint density at radius 3 is 2.07 bits per heavy atom. The number of likely N-dealkylation sites (tertiary alicyclic amines) is 1. The van der Waals surface area contributed by atoms with Gasteiger partial charge in [-0.25, -0.2) is 18.0 Å². The maximum Gasteiger partial charge on any atom is 0.326 e. The van der Waals surface area contributed by atoms with E-state index >= 15 is 0 Å². The Balaban J connectivity index is 0.933. The average Bonchev–Trinajstić information content (AvgIpc) is 1.59. The number of para-hydroxylation sites is 1. The Hall–Kier alpha value is -9.85. The Labute approximate surface area is 680 Å². The lowest BCUT2D eigenvalue weighted by Gasteiger charge is -2.31. The number of fused-ring (bicyclic) bond motifs is 2. The first-order valence-corrected chi connectivity index (χ1v) is 42.6. The van der Waals surface area contributed by atoms with E-state index in [1.165, 1.54) is 29.2 Å². The molecule has 0 spiro atoms. The van der Waals surface area contributed by atoms with E-state index in [9.17, 15) is 74.5 Å². The number of unbranched alkanes of at least 4 members (excludes halogenated alkanes) is 3. The van der Waals surface area contributed by atoms with Gasteiger partial charge in [0.2, 0.25) is 41.1 Å². The minimum Gasteiger partial charge on any atom is -0.748 e. The number of aliphatic imine (C=N–C) groups is 2. The molecule has 1 fully saturated rings. The number of benzene rings is 3. The number of nitrogens with two attached hydrogens (primary N) is 4. The molecule has 0 unspecified atom stereocenters. The van der Waals surface area contributed by atoms with Crippen LogP contribution in [0.25, 0.3) is 0 Å². The third-order valence-corrected chi connectivity index (χ3v) is 22.2. The summed E-state index contributed by atoms with van der Waals surface area (Å²) in [4.78, 5) is 120. The van der Waals surface area contributed by atoms with Crippen LogP contribution in [0.1, 0.15) is 162 Å². The summed E-state index contributed by atoms with van der Waals surface area (Å²) >= 11 is 0. The lowest BCUT2D eigenvalue weighted by atomic mass is 9.81. The summed E-state index contributed by atoms with van der Waals surface area (Å²) in [7, 11) is -8.81. The van der Waals surface area contributed by atoms with E-state index in [0.717, 1.165) is 33.9 Å². The van der Waals surface area contributed by atoms with Crippen LogP contribution in [0, 0.1) is 11.8 Å². The number of phenols is 1. The molecule has 34 nitrogen and oxygen atoms in total. The molecule has 3 aromatic carbocycles. The largest absolute Gasteiger partial charge is 0.748 e. The first-order chi connectivity index (χ1) is 54.8. The molecule has 640 valence electrons. The van der Waals surface area contributed by atoms with Gasteiger partial charge >= 0.3 is 12.0 Å². The molecule has 0 aromatic heterocycles. The highest BCUT2D eigenvalue weighted by atomic mass is 32.2. The van der Waals surface area contributed by atoms with Gasteiger partial charge in [0.25, 0.3) is 10.1 Å². The van der Waals surface area contributed by atoms with Gasteiger partial charge in [-0.2, -0.15) is 13.0 Å². The van der Waals surface area contributed by atoms with Crippen LogP contribution in [0.3, 0.4) is 0 Å². The number of ether oxygens (including phenoxy) is 2. The molecule has 3 aromatic rings. The molecular weight excluding hydrogens is 1540 g/mol. The number of carboxylic acids is 1. The van der Waals surface area contributed by atoms with Crippen molar-refractivity contribution in [1.29, 1.82) is 0 Å². The Bertz CT molecular complexity index is 4300. The summed E-state index contributed by atoms with van der Waals surface area (Å²) in [6.45, 7) is 17.8. The number of hydrogen-bond acceptors (Lipinski definition) is 20. The van der Waals surface area contributed by atoms with E-state index in [2.05, 4.69) is 76.6 Å². The molecule has 36 heteroatoms. The smallest absolute Gasteiger partial charge is 0.326 e. The number of nitrogens with one attached hydrogen (secondary N) is 7. The van der Waals surface area contributed by atoms with Gasteiger partial charge in [0.1, 0.15) is 42.5 Å². The van der Waals surface area contributed by atoms with Crippen molar-refractivity contribution in [2.45, 2.75) is 204 Å². The van der Waals surface area contributed by atoms with Crippen LogP contribution in [-0.2, 0) is 80.5 Å². The van der Waals surface area contributed by atoms with Crippen molar-refractivity contribution < 1.29 is 88.6 Å². The SMILES string of the molecule is CC[C@H](C)[C@H](NC(=O)[C@H](Cc1ccc(O)cc1)NC(=O)[C@@H]1CCCN1C(=O)[C@H](CCCN=C(N)NC(=O)NCCOCCOCCNC(=O)CCCCCN1C(=CC=CC=CC2=[N+](CCCCS(=O)(=O)[O-])c3ccccc3C2(C)C)C(C)(C)c2cc(S(=O)(=O)O)ccc21)NC(=O)[C@@H](N)CCCN=C(N)N)C(=O)N[C@@H](CC(C)C)C(=O)O. The van der Waals surface area contributed by atoms with Crippen LogP contribution in [0.4, 0.5) is 16.2 Å². The minimum atomic E-state index is -4.49. The number of carboxylic acid groups (broad SMARTS) is 1. The summed E-state index contributed by atoms with van der Waals surface area (Å²) in [5.74, 6) is -6.30. The second-order valence-electron chi connectivity index (χ2n) is 30.7. The Kier molecular flexibility index (Phi) is 37.3. The van der Waals surface area contributed by atoms with Crippen LogP contribution < -0.4 is 65.1 Å². The summed E-state index contributed by atoms with van der Waals surface area (Å²) in [6, 6.07) is 10.7. The standard InChI is InChI=1S/C80H120N16O18S2/c1-9-53(4)69(73(102)91-62(75(104)105)49-52(2)3)92-71(100)61(50-54-31-33-55(97)34-32-54)90-72(101)65-27-22-43-96(65)74(103)60(89-70(99)59(81)24-20-37-86-76(82)83)25-21-38-87-77(84)93-78(106)88-40-45-114-47-46-113-44-39-85-68(98)30-14-11-17-41-95-64-36-35-56(116(110,111)112)51-58(64)80(7,8)67(95)29-13-10-12-28-66-79(5,6)57-23-15-16-26-63(57)94(66)42-18-19-48-115(107,108)109/h10,12-13,15-16,23,26,28-29,31-36,51-53,59-62,65,69H,9,11,14,17-22,24-25,27,30,37-50,81H2,1-8H3,(H16-,82,83,84,85,86,87,88,89,90,91,92,93,97,98,99,100,101,102,104,105,106,107,108,109,110,111,112)/t53-,59-,60-,61-,62-,65-,69-/m0/s1. The fraction of sp³-hybridized carbons (Fsp3) is 0.562. The summed E-state index contributed by atoms with van der Waals surface area (Å²) in [5.41, 5.74) is 28.3. The van der Waals surface area contributed by atoms with Crippen molar-refractivity contribution in [2.75, 3.05) is 82.9 Å². The van der Waals surface area contributed by atoms with Crippen LogP contribution in [-0.4, -0.2) is 225 Å². The van der Waals surface area contributed by atoms with Gasteiger partial charge in [0, 0.05) is 98.8 Å². The van der Waals surface area contributed by atoms with E-state index in [1.54, 1.807) is 32.0 Å². The van der Waals surface area contributed by atoms with Gasteiger partial charge in [-0.15, -0.1) is 0 Å². The van der Waals surface area contributed by atoms with Gasteiger partial charge in [-0.3, -0.25) is 48.6 Å². The topological polar surface area (TPSA) is 530 Å². The number of anilines is 1. The van der Waals surface area contributed by atoms with Gasteiger partial charge in [0.15, 0.2) is 17.6 Å². The minimum absolute atomic E-state index is 0.0253. The number of rotatable bonds is 48. The van der Waals surface area contributed by atoms with E-state index in [1.807, 2.05) is 76.3 Å². The molecule has 6 rings (SSSR count). The molecule has 3 aliphatic rings. The first-order valence-electron chi connectivity index (χ1n) is 39.6. The van der Waals surface area contributed by atoms with Crippen molar-refractivity contribution in [1.82, 2.24) is 42.1 Å². The van der Waals surface area contributed by atoms with E-state index in [4.69, 9.17) is 32.4 Å². The van der Waals surface area contributed by atoms with Gasteiger partial charge in [-0.05, 0) is 137 Å². The summed E-state index contributed by atoms with van der Waals surface area (Å²) < 4.78 is 81.9. The number of carbonyl (C=O) groups excluding carboxylic acids is 7. The first kappa shape index (κ1) is 95.0. The zero-order valence-corrected chi connectivity index (χ0v) is 69.4. The van der Waals surface area contributed by atoms with Crippen LogP contribution in [0.15, 0.2) is 118 Å². The van der Waals surface area contributed by atoms with Gasteiger partial charge in [0.05, 0.1) is 52.9 Å².